The lowest BCUT2D eigenvalue weighted by Gasteiger charge is -2.12. The van der Waals surface area contributed by atoms with Crippen LogP contribution >= 0.6 is 11.9 Å². The number of aliphatic imine (C=N–C) groups is 1. The van der Waals surface area contributed by atoms with E-state index in [9.17, 15) is 9.59 Å². The van der Waals surface area contributed by atoms with E-state index in [0.29, 0.717) is 18.5 Å². The van der Waals surface area contributed by atoms with E-state index in [0.717, 1.165) is 42.0 Å². The molecule has 1 fully saturated rings. The zero-order valence-corrected chi connectivity index (χ0v) is 18.5. The van der Waals surface area contributed by atoms with Gasteiger partial charge in [-0.25, -0.2) is 0 Å². The lowest BCUT2D eigenvalue weighted by Crippen LogP contribution is -2.21. The molecule has 2 amide bonds. The van der Waals surface area contributed by atoms with Gasteiger partial charge in [-0.3, -0.25) is 9.59 Å². The van der Waals surface area contributed by atoms with E-state index in [1.165, 1.54) is 11.9 Å². The van der Waals surface area contributed by atoms with Crippen LogP contribution in [0.4, 0.5) is 11.4 Å². The fourth-order valence-corrected chi connectivity index (χ4v) is 3.48. The molecule has 0 saturated heterocycles. The van der Waals surface area contributed by atoms with Gasteiger partial charge in [-0.05, 0) is 74.5 Å². The second-order valence-electron chi connectivity index (χ2n) is 7.96. The number of nitrogens with one attached hydrogen (secondary N) is 2. The summed E-state index contributed by atoms with van der Waals surface area (Å²) >= 11 is 1.44. The van der Waals surface area contributed by atoms with E-state index in [-0.39, 0.29) is 23.1 Å². The highest BCUT2D eigenvalue weighted by Crippen LogP contribution is 2.45. The summed E-state index contributed by atoms with van der Waals surface area (Å²) in [6.45, 7) is 2.55. The second kappa shape index (κ2) is 10.5. The minimum absolute atomic E-state index is 0.0741. The topological polar surface area (TPSA) is 123 Å². The summed E-state index contributed by atoms with van der Waals surface area (Å²) in [6, 6.07) is 15.1. The number of carbonyl (C=O) groups excluding carboxylic acids is 2. The van der Waals surface area contributed by atoms with Crippen molar-refractivity contribution in [3.05, 3.63) is 54.1 Å². The van der Waals surface area contributed by atoms with Gasteiger partial charge in [0.2, 0.25) is 11.8 Å². The standard InChI is InChI=1S/C23H29N5O2S/c1-23(12-13-23)22(30)26-17-5-4-6-18(15-17)28-31-19-10-8-16(9-11-19)21(25)27-20(29)7-2-3-14-24/h4-6,8-11,15,28H,2-3,7,12-14,24H2,1H3,(H,26,30)(H2,25,27,29). The largest absolute Gasteiger partial charge is 0.383 e. The predicted molar refractivity (Wildman–Crippen MR) is 127 cm³/mol. The number of carbonyl (C=O) groups is 2. The maximum atomic E-state index is 12.2. The molecule has 0 heterocycles. The molecule has 164 valence electrons. The highest BCUT2D eigenvalue weighted by atomic mass is 32.2. The Morgan fingerprint density at radius 3 is 2.48 bits per heavy atom. The Bertz CT molecular complexity index is 955. The molecule has 7 nitrogen and oxygen atoms in total. The van der Waals surface area contributed by atoms with Crippen LogP contribution in [0.25, 0.3) is 0 Å². The molecule has 6 N–H and O–H groups in total. The maximum absolute atomic E-state index is 12.2. The first-order chi connectivity index (χ1) is 14.9. The summed E-state index contributed by atoms with van der Waals surface area (Å²) in [4.78, 5) is 29.0. The summed E-state index contributed by atoms with van der Waals surface area (Å²) < 4.78 is 3.28. The number of nitrogens with two attached hydrogens (primary N) is 2. The van der Waals surface area contributed by atoms with Crippen LogP contribution in [-0.2, 0) is 9.59 Å². The molecule has 8 heteroatoms. The summed E-state index contributed by atoms with van der Waals surface area (Å²) in [5.41, 5.74) is 13.5. The summed E-state index contributed by atoms with van der Waals surface area (Å²) in [5, 5.41) is 2.99. The number of amides is 2. The Labute approximate surface area is 187 Å². The normalized spacial score (nSPS) is 14.7. The molecule has 0 aliphatic heterocycles. The third kappa shape index (κ3) is 6.83. The average molecular weight is 440 g/mol. The van der Waals surface area contributed by atoms with Crippen LogP contribution in [-0.4, -0.2) is 24.2 Å². The fourth-order valence-electron chi connectivity index (χ4n) is 2.84. The predicted octanol–water partition coefficient (Wildman–Crippen LogP) is 3.91. The van der Waals surface area contributed by atoms with Gasteiger partial charge in [-0.15, -0.1) is 0 Å². The second-order valence-corrected chi connectivity index (χ2v) is 8.84. The van der Waals surface area contributed by atoms with E-state index >= 15 is 0 Å². The van der Waals surface area contributed by atoms with Crippen molar-refractivity contribution in [3.8, 4) is 0 Å². The first kappa shape index (κ1) is 22.8. The van der Waals surface area contributed by atoms with Gasteiger partial charge in [0.15, 0.2) is 0 Å². The molecule has 0 aromatic heterocycles. The van der Waals surface area contributed by atoms with E-state index in [4.69, 9.17) is 11.5 Å². The Morgan fingerprint density at radius 1 is 1.10 bits per heavy atom. The number of nitrogens with zero attached hydrogens (tertiary/aromatic N) is 1. The van der Waals surface area contributed by atoms with Crippen LogP contribution in [0.2, 0.25) is 0 Å². The quantitative estimate of drug-likeness (QED) is 0.193. The molecule has 0 atom stereocenters. The van der Waals surface area contributed by atoms with Gasteiger partial charge in [-0.2, -0.15) is 4.99 Å². The molecular weight excluding hydrogens is 410 g/mol. The lowest BCUT2D eigenvalue weighted by atomic mass is 10.1. The van der Waals surface area contributed by atoms with E-state index in [2.05, 4.69) is 15.0 Å². The zero-order chi connectivity index (χ0) is 22.3. The van der Waals surface area contributed by atoms with Gasteiger partial charge in [-0.1, -0.05) is 25.1 Å². The number of unbranched alkanes of at least 4 members (excludes halogenated alkanes) is 1. The van der Waals surface area contributed by atoms with Gasteiger partial charge in [0.1, 0.15) is 5.84 Å². The van der Waals surface area contributed by atoms with Gasteiger partial charge in [0.25, 0.3) is 0 Å². The minimum atomic E-state index is -0.228. The Kier molecular flexibility index (Phi) is 7.70. The number of benzene rings is 2. The number of hydrogen-bond acceptors (Lipinski definition) is 5. The summed E-state index contributed by atoms with van der Waals surface area (Å²) in [5.74, 6) is 0.0637. The first-order valence-electron chi connectivity index (χ1n) is 10.4. The maximum Gasteiger partial charge on any atom is 0.247 e. The number of anilines is 2. The molecule has 1 aliphatic carbocycles. The molecule has 0 spiro atoms. The number of rotatable bonds is 10. The molecule has 2 aromatic carbocycles. The van der Waals surface area contributed by atoms with Crippen LogP contribution < -0.4 is 21.5 Å². The Morgan fingerprint density at radius 2 is 1.81 bits per heavy atom. The third-order valence-corrected chi connectivity index (χ3v) is 6.04. The van der Waals surface area contributed by atoms with Crippen molar-refractivity contribution >= 4 is 41.0 Å². The zero-order valence-electron chi connectivity index (χ0n) is 17.7. The minimum Gasteiger partial charge on any atom is -0.383 e. The SMILES string of the molecule is CC1(C(=O)Nc2cccc(NSc3ccc(C(N)=NC(=O)CCCCN)cc3)c2)CC1. The van der Waals surface area contributed by atoms with Gasteiger partial charge < -0.3 is 21.5 Å². The highest BCUT2D eigenvalue weighted by Gasteiger charge is 2.44. The van der Waals surface area contributed by atoms with Crippen LogP contribution in [0, 0.1) is 5.41 Å². The lowest BCUT2D eigenvalue weighted by molar-refractivity contribution is -0.120. The smallest absolute Gasteiger partial charge is 0.247 e. The average Bonchev–Trinajstić information content (AvgIpc) is 3.52. The molecule has 2 aromatic rings. The van der Waals surface area contributed by atoms with Crippen LogP contribution in [0.3, 0.4) is 0 Å². The van der Waals surface area contributed by atoms with Crippen molar-refractivity contribution in [2.24, 2.45) is 21.9 Å². The monoisotopic (exact) mass is 439 g/mol. The summed E-state index contributed by atoms with van der Waals surface area (Å²) in [6.07, 6.45) is 3.77. The van der Waals surface area contributed by atoms with Crippen LogP contribution in [0.5, 0.6) is 0 Å². The fraction of sp³-hybridized carbons (Fsp3) is 0.348. The van der Waals surface area contributed by atoms with Crippen molar-refractivity contribution in [3.63, 3.8) is 0 Å². The third-order valence-electron chi connectivity index (χ3n) is 5.20. The van der Waals surface area contributed by atoms with Crippen molar-refractivity contribution in [2.75, 3.05) is 16.6 Å². The van der Waals surface area contributed by atoms with Crippen molar-refractivity contribution < 1.29 is 9.59 Å². The molecule has 1 aliphatic rings. The molecule has 0 bridgehead atoms. The Balaban J connectivity index is 1.52. The molecule has 0 unspecified atom stereocenters. The van der Waals surface area contributed by atoms with Gasteiger partial charge in [0.05, 0.1) is 0 Å². The Hall–Kier alpha value is -2.84. The molecule has 31 heavy (non-hydrogen) atoms. The van der Waals surface area contributed by atoms with Crippen molar-refractivity contribution in [1.82, 2.24) is 0 Å². The van der Waals surface area contributed by atoms with Crippen molar-refractivity contribution in [1.29, 1.82) is 0 Å². The van der Waals surface area contributed by atoms with E-state index in [1.54, 1.807) is 0 Å². The first-order valence-corrected chi connectivity index (χ1v) is 11.2. The molecular formula is C23H29N5O2S. The van der Waals surface area contributed by atoms with E-state index < -0.39 is 0 Å². The molecule has 1 saturated carbocycles. The van der Waals surface area contributed by atoms with Crippen molar-refractivity contribution in [2.45, 2.75) is 43.9 Å². The molecule has 3 rings (SSSR count). The summed E-state index contributed by atoms with van der Waals surface area (Å²) in [7, 11) is 0. The molecule has 0 radical (unpaired) electrons. The van der Waals surface area contributed by atoms with Crippen LogP contribution in [0.15, 0.2) is 58.4 Å². The van der Waals surface area contributed by atoms with Gasteiger partial charge >= 0.3 is 0 Å². The van der Waals surface area contributed by atoms with Crippen LogP contribution in [0.1, 0.15) is 44.6 Å². The number of amidine groups is 1. The van der Waals surface area contributed by atoms with Gasteiger partial charge in [0, 0.05) is 33.7 Å². The van der Waals surface area contributed by atoms with E-state index in [1.807, 2.05) is 55.5 Å². The highest BCUT2D eigenvalue weighted by molar-refractivity contribution is 8.00. The number of hydrogen-bond donors (Lipinski definition) is 4.